The molecule has 148 valence electrons. The standard InChI is InChI=1S/C24H23NO2S2/c1-27-21-16-14-20(15-17-21)25-22(26)23(24(25,28-2)29-3,18-10-6-4-7-11-18)19-12-8-5-9-13-19/h4-17H,1-3H3. The van der Waals surface area contributed by atoms with Crippen LogP contribution in [0.4, 0.5) is 5.69 Å². The summed E-state index contributed by atoms with van der Waals surface area (Å²) >= 11 is 3.42. The predicted octanol–water partition coefficient (Wildman–Crippen LogP) is 5.41. The lowest BCUT2D eigenvalue weighted by Gasteiger charge is -2.63. The summed E-state index contributed by atoms with van der Waals surface area (Å²) in [6, 6.07) is 28.0. The monoisotopic (exact) mass is 421 g/mol. The van der Waals surface area contributed by atoms with Gasteiger partial charge in [-0.25, -0.2) is 0 Å². The number of hydrogen-bond acceptors (Lipinski definition) is 4. The maximum Gasteiger partial charge on any atom is 0.248 e. The van der Waals surface area contributed by atoms with Crippen molar-refractivity contribution in [2.45, 2.75) is 9.62 Å². The fourth-order valence-corrected chi connectivity index (χ4v) is 6.96. The minimum absolute atomic E-state index is 0.0868. The zero-order valence-corrected chi connectivity index (χ0v) is 18.3. The number of nitrogens with zero attached hydrogens (tertiary/aromatic N) is 1. The van der Waals surface area contributed by atoms with E-state index in [-0.39, 0.29) is 5.91 Å². The SMILES string of the molecule is COc1ccc(N2C(=O)C(c3ccccc3)(c3ccccc3)C2(SC)SC)cc1. The van der Waals surface area contributed by atoms with Gasteiger partial charge in [0.25, 0.3) is 0 Å². The maximum absolute atomic E-state index is 14.0. The van der Waals surface area contributed by atoms with Crippen molar-refractivity contribution in [3.8, 4) is 5.75 Å². The number of benzene rings is 3. The number of rotatable bonds is 6. The number of β-lactam (4-membered cyclic amide) rings is 1. The Hall–Kier alpha value is -2.37. The Morgan fingerprint density at radius 1 is 0.759 bits per heavy atom. The van der Waals surface area contributed by atoms with Gasteiger partial charge in [-0.15, -0.1) is 23.5 Å². The van der Waals surface area contributed by atoms with Gasteiger partial charge in [-0.05, 0) is 47.9 Å². The van der Waals surface area contributed by atoms with Gasteiger partial charge in [0.15, 0.2) is 4.20 Å². The van der Waals surface area contributed by atoms with Crippen LogP contribution < -0.4 is 9.64 Å². The minimum Gasteiger partial charge on any atom is -0.497 e. The first-order valence-electron chi connectivity index (χ1n) is 9.35. The van der Waals surface area contributed by atoms with E-state index in [2.05, 4.69) is 36.8 Å². The molecule has 1 heterocycles. The van der Waals surface area contributed by atoms with Gasteiger partial charge < -0.3 is 4.74 Å². The van der Waals surface area contributed by atoms with Gasteiger partial charge >= 0.3 is 0 Å². The molecule has 1 fully saturated rings. The van der Waals surface area contributed by atoms with Crippen LogP contribution in [0, 0.1) is 0 Å². The van der Waals surface area contributed by atoms with Gasteiger partial charge in [-0.1, -0.05) is 60.7 Å². The van der Waals surface area contributed by atoms with Crippen LogP contribution in [0.1, 0.15) is 11.1 Å². The third kappa shape index (κ3) is 2.71. The molecule has 1 aliphatic rings. The number of thioether (sulfide) groups is 2. The van der Waals surface area contributed by atoms with E-state index in [4.69, 9.17) is 4.74 Å². The van der Waals surface area contributed by atoms with Crippen LogP contribution in [0.15, 0.2) is 84.9 Å². The average molecular weight is 422 g/mol. The lowest BCUT2D eigenvalue weighted by molar-refractivity contribution is -0.129. The highest BCUT2D eigenvalue weighted by Gasteiger charge is 2.73. The van der Waals surface area contributed by atoms with E-state index in [1.807, 2.05) is 65.6 Å². The third-order valence-corrected chi connectivity index (χ3v) is 8.67. The largest absolute Gasteiger partial charge is 0.497 e. The van der Waals surface area contributed by atoms with Gasteiger partial charge in [-0.3, -0.25) is 9.69 Å². The number of carbonyl (C=O) groups excluding carboxylic acids is 1. The van der Waals surface area contributed by atoms with Gasteiger partial charge in [-0.2, -0.15) is 0 Å². The van der Waals surface area contributed by atoms with E-state index in [0.717, 1.165) is 22.6 Å². The van der Waals surface area contributed by atoms with Crippen molar-refractivity contribution in [3.05, 3.63) is 96.1 Å². The summed E-state index contributed by atoms with van der Waals surface area (Å²) in [5.41, 5.74) is 2.14. The molecular weight excluding hydrogens is 398 g/mol. The molecule has 3 aromatic rings. The molecule has 5 heteroatoms. The van der Waals surface area contributed by atoms with Crippen molar-refractivity contribution in [2.24, 2.45) is 0 Å². The summed E-state index contributed by atoms with van der Waals surface area (Å²) in [6.07, 6.45) is 4.17. The number of hydrogen-bond donors (Lipinski definition) is 0. The summed E-state index contributed by atoms with van der Waals surface area (Å²) in [5.74, 6) is 0.863. The number of methoxy groups -OCH3 is 1. The first-order chi connectivity index (χ1) is 14.2. The predicted molar refractivity (Wildman–Crippen MR) is 124 cm³/mol. The number of ether oxygens (including phenoxy) is 1. The molecule has 0 radical (unpaired) electrons. The molecule has 0 atom stereocenters. The van der Waals surface area contributed by atoms with Crippen LogP contribution in [-0.2, 0) is 10.2 Å². The zero-order chi connectivity index (χ0) is 20.5. The van der Waals surface area contributed by atoms with Crippen molar-refractivity contribution in [3.63, 3.8) is 0 Å². The van der Waals surface area contributed by atoms with Crippen LogP contribution in [0.2, 0.25) is 0 Å². The summed E-state index contributed by atoms with van der Waals surface area (Å²) in [7, 11) is 1.65. The van der Waals surface area contributed by atoms with Crippen LogP contribution in [0.25, 0.3) is 0 Å². The highest BCUT2D eigenvalue weighted by Crippen LogP contribution is 2.64. The van der Waals surface area contributed by atoms with E-state index in [1.165, 1.54) is 0 Å². The second kappa shape index (κ2) is 7.81. The molecule has 29 heavy (non-hydrogen) atoms. The molecule has 3 nitrogen and oxygen atoms in total. The Morgan fingerprint density at radius 3 is 1.66 bits per heavy atom. The van der Waals surface area contributed by atoms with Gasteiger partial charge in [0.2, 0.25) is 5.91 Å². The van der Waals surface area contributed by atoms with Crippen molar-refractivity contribution < 1.29 is 9.53 Å². The number of carbonyl (C=O) groups is 1. The van der Waals surface area contributed by atoms with Crippen LogP contribution in [0.3, 0.4) is 0 Å². The molecule has 1 aliphatic heterocycles. The Balaban J connectivity index is 1.95. The molecule has 4 rings (SSSR count). The van der Waals surface area contributed by atoms with Gasteiger partial charge in [0.1, 0.15) is 11.2 Å². The maximum atomic E-state index is 14.0. The van der Waals surface area contributed by atoms with E-state index >= 15 is 0 Å². The highest BCUT2D eigenvalue weighted by molar-refractivity contribution is 8.18. The molecule has 0 aromatic heterocycles. The molecule has 3 aromatic carbocycles. The molecule has 0 saturated carbocycles. The molecule has 0 bridgehead atoms. The minimum atomic E-state index is -0.770. The first-order valence-corrected chi connectivity index (χ1v) is 11.8. The van der Waals surface area contributed by atoms with Crippen LogP contribution in [-0.4, -0.2) is 29.7 Å². The number of anilines is 1. The second-order valence-electron chi connectivity index (χ2n) is 6.81. The van der Waals surface area contributed by atoms with Crippen molar-refractivity contribution in [1.82, 2.24) is 0 Å². The Morgan fingerprint density at radius 2 is 1.24 bits per heavy atom. The molecule has 0 unspecified atom stereocenters. The van der Waals surface area contributed by atoms with Crippen molar-refractivity contribution in [2.75, 3.05) is 24.5 Å². The molecule has 1 saturated heterocycles. The van der Waals surface area contributed by atoms with Crippen molar-refractivity contribution in [1.29, 1.82) is 0 Å². The van der Waals surface area contributed by atoms with Gasteiger partial charge in [0, 0.05) is 5.69 Å². The fraction of sp³-hybridized carbons (Fsp3) is 0.208. The van der Waals surface area contributed by atoms with E-state index < -0.39 is 9.62 Å². The summed E-state index contributed by atoms with van der Waals surface area (Å²) in [5, 5.41) is 0. The quantitative estimate of drug-likeness (QED) is 0.393. The first kappa shape index (κ1) is 19.9. The zero-order valence-electron chi connectivity index (χ0n) is 16.7. The Kier molecular flexibility index (Phi) is 5.36. The third-order valence-electron chi connectivity index (χ3n) is 5.59. The van der Waals surface area contributed by atoms with E-state index in [1.54, 1.807) is 30.6 Å². The highest BCUT2D eigenvalue weighted by atomic mass is 32.2. The summed E-state index contributed by atoms with van der Waals surface area (Å²) in [6.45, 7) is 0. The summed E-state index contributed by atoms with van der Waals surface area (Å²) < 4.78 is 4.79. The molecule has 0 aliphatic carbocycles. The summed E-state index contributed by atoms with van der Waals surface area (Å²) in [4.78, 5) is 16.0. The number of amides is 1. The Bertz CT molecular complexity index is 947. The van der Waals surface area contributed by atoms with Crippen LogP contribution in [0.5, 0.6) is 5.75 Å². The molecular formula is C24H23NO2S2. The van der Waals surface area contributed by atoms with E-state index in [0.29, 0.717) is 0 Å². The van der Waals surface area contributed by atoms with Gasteiger partial charge in [0.05, 0.1) is 7.11 Å². The Labute approximate surface area is 180 Å². The van der Waals surface area contributed by atoms with E-state index in [9.17, 15) is 4.79 Å². The molecule has 0 N–H and O–H groups in total. The normalized spacial score (nSPS) is 16.9. The van der Waals surface area contributed by atoms with Crippen LogP contribution >= 0.6 is 23.5 Å². The molecule has 0 spiro atoms. The van der Waals surface area contributed by atoms with Crippen molar-refractivity contribution >= 4 is 35.1 Å². The average Bonchev–Trinajstić information content (AvgIpc) is 2.79. The smallest absolute Gasteiger partial charge is 0.248 e. The second-order valence-corrected chi connectivity index (χ2v) is 9.07. The lowest BCUT2D eigenvalue weighted by Crippen LogP contribution is -2.78. The topological polar surface area (TPSA) is 29.5 Å². The molecule has 1 amide bonds. The lowest BCUT2D eigenvalue weighted by atomic mass is 9.66. The fourth-order valence-electron chi connectivity index (χ4n) is 4.30.